The lowest BCUT2D eigenvalue weighted by Crippen LogP contribution is -2.31. The van der Waals surface area contributed by atoms with Crippen molar-refractivity contribution in [1.82, 2.24) is 9.97 Å². The number of hydrogen-bond donors (Lipinski definition) is 0. The number of thioether (sulfide) groups is 1. The molecule has 0 aliphatic carbocycles. The van der Waals surface area contributed by atoms with Crippen molar-refractivity contribution >= 4 is 44.4 Å². The number of carbonyl (C=O) groups excluding carboxylic acids is 1. The molecule has 6 heteroatoms. The predicted molar refractivity (Wildman–Crippen MR) is 136 cm³/mol. The molecule has 2 aromatic carbocycles. The molecule has 32 heavy (non-hydrogen) atoms. The van der Waals surface area contributed by atoms with E-state index >= 15 is 0 Å². The monoisotopic (exact) mass is 461 g/mol. The van der Waals surface area contributed by atoms with E-state index in [4.69, 9.17) is 4.98 Å². The number of amides is 1. The summed E-state index contributed by atoms with van der Waals surface area (Å²) in [5.74, 6) is 0.0347. The SMILES string of the molecule is Cc1ccc(C)c2sc(N(Cc3cccnc3)C(=O)Cc3ccc(SC(C)C)cc3)nc12. The number of carbonyl (C=O) groups is 1. The van der Waals surface area contributed by atoms with Gasteiger partial charge in [0.2, 0.25) is 5.91 Å². The first-order valence-electron chi connectivity index (χ1n) is 10.7. The molecule has 0 aliphatic rings. The number of hydrogen-bond acceptors (Lipinski definition) is 5. The molecule has 4 nitrogen and oxygen atoms in total. The van der Waals surface area contributed by atoms with Gasteiger partial charge in [-0.2, -0.15) is 0 Å². The molecule has 0 radical (unpaired) electrons. The van der Waals surface area contributed by atoms with Gasteiger partial charge < -0.3 is 0 Å². The van der Waals surface area contributed by atoms with Gasteiger partial charge in [-0.05, 0) is 54.3 Å². The number of anilines is 1. The average Bonchev–Trinajstić information content (AvgIpc) is 3.23. The molecular formula is C26H27N3OS2. The van der Waals surface area contributed by atoms with Crippen molar-refractivity contribution < 1.29 is 4.79 Å². The van der Waals surface area contributed by atoms with E-state index in [1.807, 2.05) is 30.1 Å². The van der Waals surface area contributed by atoms with Crippen LogP contribution in [-0.2, 0) is 17.8 Å². The molecule has 0 fully saturated rings. The number of benzene rings is 2. The largest absolute Gasteiger partial charge is 0.283 e. The summed E-state index contributed by atoms with van der Waals surface area (Å²) in [5.41, 5.74) is 5.27. The second kappa shape index (κ2) is 9.84. The Balaban J connectivity index is 1.64. The molecule has 164 valence electrons. The van der Waals surface area contributed by atoms with Crippen LogP contribution in [0.3, 0.4) is 0 Å². The van der Waals surface area contributed by atoms with Crippen LogP contribution in [0.25, 0.3) is 10.2 Å². The molecular weight excluding hydrogens is 434 g/mol. The third-order valence-electron chi connectivity index (χ3n) is 5.18. The zero-order chi connectivity index (χ0) is 22.7. The van der Waals surface area contributed by atoms with Crippen LogP contribution < -0.4 is 4.90 Å². The van der Waals surface area contributed by atoms with Crippen LogP contribution in [0, 0.1) is 13.8 Å². The highest BCUT2D eigenvalue weighted by atomic mass is 32.2. The molecule has 2 heterocycles. The van der Waals surface area contributed by atoms with Crippen LogP contribution in [0.4, 0.5) is 5.13 Å². The van der Waals surface area contributed by atoms with Crippen LogP contribution in [0.2, 0.25) is 0 Å². The first-order valence-corrected chi connectivity index (χ1v) is 12.4. The third-order valence-corrected chi connectivity index (χ3v) is 7.41. The first kappa shape index (κ1) is 22.5. The fraction of sp³-hybridized carbons (Fsp3) is 0.269. The van der Waals surface area contributed by atoms with Gasteiger partial charge in [0.05, 0.1) is 23.2 Å². The minimum absolute atomic E-state index is 0.0347. The number of rotatable bonds is 7. The molecule has 0 N–H and O–H groups in total. The van der Waals surface area contributed by atoms with E-state index < -0.39 is 0 Å². The van der Waals surface area contributed by atoms with Crippen molar-refractivity contribution in [1.29, 1.82) is 0 Å². The van der Waals surface area contributed by atoms with Crippen molar-refractivity contribution in [2.75, 3.05) is 4.90 Å². The summed E-state index contributed by atoms with van der Waals surface area (Å²) in [6.07, 6.45) is 3.89. The Hall–Kier alpha value is -2.70. The van der Waals surface area contributed by atoms with Crippen molar-refractivity contribution in [3.8, 4) is 0 Å². The van der Waals surface area contributed by atoms with Crippen molar-refractivity contribution in [3.63, 3.8) is 0 Å². The van der Waals surface area contributed by atoms with E-state index in [1.54, 1.807) is 22.4 Å². The van der Waals surface area contributed by atoms with Crippen LogP contribution >= 0.6 is 23.1 Å². The van der Waals surface area contributed by atoms with Gasteiger partial charge in [0.25, 0.3) is 0 Å². The Labute approximate surface area is 197 Å². The Bertz CT molecular complexity index is 1180. The molecule has 2 aromatic heterocycles. The Morgan fingerprint density at radius 1 is 1.03 bits per heavy atom. The second-order valence-corrected chi connectivity index (χ2v) is 10.8. The van der Waals surface area contributed by atoms with Crippen LogP contribution in [0.15, 0.2) is 65.8 Å². The number of aromatic nitrogens is 2. The van der Waals surface area contributed by atoms with Gasteiger partial charge in [0.1, 0.15) is 0 Å². The molecule has 0 unspecified atom stereocenters. The minimum atomic E-state index is 0.0347. The zero-order valence-corrected chi connectivity index (χ0v) is 20.5. The first-order chi connectivity index (χ1) is 15.4. The van der Waals surface area contributed by atoms with Crippen molar-refractivity contribution in [2.24, 2.45) is 0 Å². The maximum Gasteiger partial charge on any atom is 0.233 e. The van der Waals surface area contributed by atoms with Crippen LogP contribution in [0.1, 0.15) is 36.1 Å². The summed E-state index contributed by atoms with van der Waals surface area (Å²) in [6, 6.07) is 16.4. The van der Waals surface area contributed by atoms with Crippen molar-refractivity contribution in [2.45, 2.75) is 50.8 Å². The highest BCUT2D eigenvalue weighted by Gasteiger charge is 2.22. The number of thiazole rings is 1. The van der Waals surface area contributed by atoms with E-state index in [1.165, 1.54) is 10.5 Å². The van der Waals surface area contributed by atoms with Gasteiger partial charge in [-0.3, -0.25) is 14.7 Å². The topological polar surface area (TPSA) is 46.1 Å². The summed E-state index contributed by atoms with van der Waals surface area (Å²) in [6.45, 7) is 8.97. The normalized spacial score (nSPS) is 11.3. The molecule has 0 atom stereocenters. The maximum absolute atomic E-state index is 13.5. The molecule has 0 saturated carbocycles. The van der Waals surface area contributed by atoms with Gasteiger partial charge in [0, 0.05) is 22.5 Å². The highest BCUT2D eigenvalue weighted by molar-refractivity contribution is 7.99. The van der Waals surface area contributed by atoms with Crippen molar-refractivity contribution in [3.05, 3.63) is 83.2 Å². The van der Waals surface area contributed by atoms with Crippen LogP contribution in [0.5, 0.6) is 0 Å². The van der Waals surface area contributed by atoms with Gasteiger partial charge in [0.15, 0.2) is 5.13 Å². The fourth-order valence-electron chi connectivity index (χ4n) is 3.53. The summed E-state index contributed by atoms with van der Waals surface area (Å²) in [7, 11) is 0. The molecule has 1 amide bonds. The van der Waals surface area contributed by atoms with Gasteiger partial charge >= 0.3 is 0 Å². The number of aryl methyl sites for hydroxylation is 2. The average molecular weight is 462 g/mol. The summed E-state index contributed by atoms with van der Waals surface area (Å²) in [5, 5.41) is 1.27. The smallest absolute Gasteiger partial charge is 0.233 e. The number of fused-ring (bicyclic) bond motifs is 1. The van der Waals surface area contributed by atoms with E-state index in [9.17, 15) is 4.79 Å². The predicted octanol–water partition coefficient (Wildman–Crippen LogP) is 6.58. The lowest BCUT2D eigenvalue weighted by atomic mass is 10.1. The highest BCUT2D eigenvalue weighted by Crippen LogP contribution is 2.34. The van der Waals surface area contributed by atoms with Gasteiger partial charge in [-0.15, -0.1) is 11.8 Å². The zero-order valence-electron chi connectivity index (χ0n) is 18.8. The second-order valence-electron chi connectivity index (χ2n) is 8.20. The third kappa shape index (κ3) is 5.19. The fourth-order valence-corrected chi connectivity index (χ4v) is 5.49. The lowest BCUT2D eigenvalue weighted by molar-refractivity contribution is -0.118. The van der Waals surface area contributed by atoms with E-state index in [0.29, 0.717) is 18.2 Å². The van der Waals surface area contributed by atoms with Crippen LogP contribution in [-0.4, -0.2) is 21.1 Å². The Morgan fingerprint density at radius 2 is 1.78 bits per heavy atom. The van der Waals surface area contributed by atoms with Gasteiger partial charge in [-0.1, -0.05) is 55.5 Å². The number of pyridine rings is 1. The quantitative estimate of drug-likeness (QED) is 0.292. The van der Waals surface area contributed by atoms with E-state index in [2.05, 4.69) is 69.1 Å². The molecule has 0 bridgehead atoms. The molecule has 0 aliphatic heterocycles. The summed E-state index contributed by atoms with van der Waals surface area (Å²) in [4.78, 5) is 25.6. The standard InChI is InChI=1S/C26H27N3OS2/c1-17(2)31-22-11-9-20(10-12-22)14-23(30)29(16-21-6-5-13-27-15-21)26-28-24-18(3)7-8-19(4)25(24)32-26/h5-13,15,17H,14,16H2,1-4H3. The molecule has 4 aromatic rings. The minimum Gasteiger partial charge on any atom is -0.283 e. The lowest BCUT2D eigenvalue weighted by Gasteiger charge is -2.20. The Kier molecular flexibility index (Phi) is 6.92. The number of nitrogens with zero attached hydrogens (tertiary/aromatic N) is 3. The Morgan fingerprint density at radius 3 is 2.44 bits per heavy atom. The summed E-state index contributed by atoms with van der Waals surface area (Å²) >= 11 is 3.41. The molecule has 0 spiro atoms. The van der Waals surface area contributed by atoms with E-state index in [-0.39, 0.29) is 5.91 Å². The molecule has 0 saturated heterocycles. The van der Waals surface area contributed by atoms with Gasteiger partial charge in [-0.25, -0.2) is 4.98 Å². The summed E-state index contributed by atoms with van der Waals surface area (Å²) < 4.78 is 1.14. The van der Waals surface area contributed by atoms with E-state index in [0.717, 1.165) is 32.0 Å². The maximum atomic E-state index is 13.5. The molecule has 4 rings (SSSR count).